The first kappa shape index (κ1) is 11.1. The van der Waals surface area contributed by atoms with Crippen molar-refractivity contribution < 1.29 is 5.11 Å². The largest absolute Gasteiger partial charge is 0.508 e. The summed E-state index contributed by atoms with van der Waals surface area (Å²) in [4.78, 5) is 2.42. The molecule has 1 unspecified atom stereocenters. The van der Waals surface area contributed by atoms with Gasteiger partial charge in [0.15, 0.2) is 0 Å². The molecule has 2 aromatic rings. The molecule has 4 rings (SSSR count). The average Bonchev–Trinajstić information content (AvgIpc) is 2.44. The Kier molecular flexibility index (Phi) is 2.24. The molecule has 0 amide bonds. The van der Waals surface area contributed by atoms with Crippen LogP contribution < -0.4 is 0 Å². The highest BCUT2D eigenvalue weighted by Gasteiger charge is 2.33. The van der Waals surface area contributed by atoms with E-state index >= 15 is 0 Å². The lowest BCUT2D eigenvalue weighted by Gasteiger charge is -2.39. The van der Waals surface area contributed by atoms with Crippen molar-refractivity contribution in [3.63, 3.8) is 0 Å². The summed E-state index contributed by atoms with van der Waals surface area (Å²) in [5, 5.41) is 10.1. The van der Waals surface area contributed by atoms with Crippen molar-refractivity contribution in [3.8, 4) is 16.9 Å². The molecule has 1 aliphatic carbocycles. The van der Waals surface area contributed by atoms with Crippen LogP contribution in [0.5, 0.6) is 5.75 Å². The van der Waals surface area contributed by atoms with E-state index in [1.54, 1.807) is 0 Å². The molecular formula is C17H17NO. The molecule has 2 aliphatic rings. The molecule has 2 nitrogen and oxygen atoms in total. The number of aromatic hydroxyl groups is 1. The lowest BCUT2D eigenvalue weighted by molar-refractivity contribution is 0.226. The Balaban J connectivity index is 2.05. The Morgan fingerprint density at radius 3 is 2.84 bits per heavy atom. The molecule has 1 heterocycles. The fraction of sp³-hybridized carbons (Fsp3) is 0.294. The van der Waals surface area contributed by atoms with E-state index in [2.05, 4.69) is 42.3 Å². The number of hydrogen-bond acceptors (Lipinski definition) is 2. The van der Waals surface area contributed by atoms with E-state index in [1.807, 2.05) is 6.07 Å². The predicted octanol–water partition coefficient (Wildman–Crippen LogP) is 3.14. The Morgan fingerprint density at radius 2 is 1.95 bits per heavy atom. The first-order valence-corrected chi connectivity index (χ1v) is 6.89. The molecule has 2 heteroatoms. The summed E-state index contributed by atoms with van der Waals surface area (Å²) in [5.74, 6) is 0.469. The predicted molar refractivity (Wildman–Crippen MR) is 76.3 cm³/mol. The van der Waals surface area contributed by atoms with Crippen LogP contribution >= 0.6 is 0 Å². The van der Waals surface area contributed by atoms with Gasteiger partial charge in [-0.2, -0.15) is 0 Å². The minimum Gasteiger partial charge on any atom is -0.508 e. The van der Waals surface area contributed by atoms with Crippen LogP contribution in [0.2, 0.25) is 0 Å². The van der Waals surface area contributed by atoms with Gasteiger partial charge in [-0.15, -0.1) is 0 Å². The highest BCUT2D eigenvalue weighted by Crippen LogP contribution is 2.46. The molecule has 1 N–H and O–H groups in total. The van der Waals surface area contributed by atoms with E-state index in [-0.39, 0.29) is 0 Å². The molecule has 2 aromatic carbocycles. The second-order valence-corrected chi connectivity index (χ2v) is 5.63. The first-order valence-electron chi connectivity index (χ1n) is 6.89. The number of benzene rings is 2. The minimum atomic E-state index is 0.417. The summed E-state index contributed by atoms with van der Waals surface area (Å²) in [6.45, 7) is 1.02. The second kappa shape index (κ2) is 3.84. The van der Waals surface area contributed by atoms with Crippen LogP contribution in [-0.4, -0.2) is 23.6 Å². The normalized spacial score (nSPS) is 20.8. The molecule has 0 fully saturated rings. The topological polar surface area (TPSA) is 23.5 Å². The summed E-state index contributed by atoms with van der Waals surface area (Å²) in [7, 11) is 2.19. The van der Waals surface area contributed by atoms with Crippen molar-refractivity contribution in [2.45, 2.75) is 18.9 Å². The Hall–Kier alpha value is -1.80. The molecule has 0 radical (unpaired) electrons. The zero-order valence-electron chi connectivity index (χ0n) is 11.1. The molecule has 1 aliphatic heterocycles. The van der Waals surface area contributed by atoms with E-state index in [4.69, 9.17) is 0 Å². The molecule has 19 heavy (non-hydrogen) atoms. The van der Waals surface area contributed by atoms with Gasteiger partial charge in [0.2, 0.25) is 0 Å². The van der Waals surface area contributed by atoms with Crippen molar-refractivity contribution in [1.82, 2.24) is 4.90 Å². The number of rotatable bonds is 0. The third-order valence-electron chi connectivity index (χ3n) is 4.63. The average molecular weight is 251 g/mol. The van der Waals surface area contributed by atoms with Crippen molar-refractivity contribution >= 4 is 0 Å². The van der Waals surface area contributed by atoms with Crippen molar-refractivity contribution in [2.24, 2.45) is 0 Å². The zero-order chi connectivity index (χ0) is 13.0. The first-order chi connectivity index (χ1) is 9.25. The van der Waals surface area contributed by atoms with Gasteiger partial charge in [-0.3, -0.25) is 4.90 Å². The number of fused-ring (bicyclic) bond motifs is 2. The van der Waals surface area contributed by atoms with Gasteiger partial charge in [0.25, 0.3) is 0 Å². The van der Waals surface area contributed by atoms with Gasteiger partial charge in [-0.1, -0.05) is 30.3 Å². The third-order valence-corrected chi connectivity index (χ3v) is 4.63. The number of hydrogen-bond donors (Lipinski definition) is 1. The minimum absolute atomic E-state index is 0.417. The van der Waals surface area contributed by atoms with Crippen LogP contribution in [0.4, 0.5) is 0 Å². The maximum atomic E-state index is 10.1. The lowest BCUT2D eigenvalue weighted by atomic mass is 9.77. The molecule has 0 spiro atoms. The Bertz CT molecular complexity index is 662. The third kappa shape index (κ3) is 1.47. The van der Waals surface area contributed by atoms with Crippen LogP contribution in [0.25, 0.3) is 11.1 Å². The quantitative estimate of drug-likeness (QED) is 0.777. The molecule has 0 aromatic heterocycles. The summed E-state index contributed by atoms with van der Waals surface area (Å²) < 4.78 is 0. The Labute approximate surface area is 113 Å². The summed E-state index contributed by atoms with van der Waals surface area (Å²) >= 11 is 0. The number of phenolic OH excluding ortho intramolecular Hbond substituents is 1. The van der Waals surface area contributed by atoms with E-state index in [1.165, 1.54) is 22.3 Å². The van der Waals surface area contributed by atoms with E-state index in [9.17, 15) is 5.11 Å². The fourth-order valence-electron chi connectivity index (χ4n) is 3.62. The van der Waals surface area contributed by atoms with Crippen LogP contribution in [0.1, 0.15) is 22.7 Å². The number of likely N-dealkylation sites (N-methyl/N-ethyl adjacent to an activating group) is 1. The fourth-order valence-corrected chi connectivity index (χ4v) is 3.62. The van der Waals surface area contributed by atoms with Crippen LogP contribution in [0.3, 0.4) is 0 Å². The standard InChI is InChI=1S/C17H17NO/c1-18-9-8-14-16(19)7-6-13-12-5-3-2-4-11(12)10-15(18)17(13)14/h2-7,15,19H,8-10H2,1H3. The zero-order valence-corrected chi connectivity index (χ0v) is 11.1. The van der Waals surface area contributed by atoms with Gasteiger partial charge in [0.05, 0.1) is 0 Å². The van der Waals surface area contributed by atoms with Gasteiger partial charge in [-0.25, -0.2) is 0 Å². The highest BCUT2D eigenvalue weighted by molar-refractivity contribution is 5.76. The van der Waals surface area contributed by atoms with Gasteiger partial charge >= 0.3 is 0 Å². The number of nitrogens with zero attached hydrogens (tertiary/aromatic N) is 1. The molecule has 0 bridgehead atoms. The van der Waals surface area contributed by atoms with Gasteiger partial charge in [-0.05, 0) is 48.2 Å². The summed E-state index contributed by atoms with van der Waals surface area (Å²) in [6, 6.07) is 13.0. The number of phenols is 1. The lowest BCUT2D eigenvalue weighted by Crippen LogP contribution is -2.35. The van der Waals surface area contributed by atoms with Gasteiger partial charge in [0.1, 0.15) is 5.75 Å². The van der Waals surface area contributed by atoms with Crippen molar-refractivity contribution in [3.05, 3.63) is 53.1 Å². The molecular weight excluding hydrogens is 234 g/mol. The monoisotopic (exact) mass is 251 g/mol. The van der Waals surface area contributed by atoms with E-state index in [0.29, 0.717) is 11.8 Å². The SMILES string of the molecule is CN1CCc2c(O)ccc3c2C1Cc1ccccc1-3. The highest BCUT2D eigenvalue weighted by atomic mass is 16.3. The van der Waals surface area contributed by atoms with Crippen molar-refractivity contribution in [2.75, 3.05) is 13.6 Å². The Morgan fingerprint density at radius 1 is 1.11 bits per heavy atom. The maximum Gasteiger partial charge on any atom is 0.119 e. The maximum absolute atomic E-state index is 10.1. The molecule has 96 valence electrons. The smallest absolute Gasteiger partial charge is 0.119 e. The van der Waals surface area contributed by atoms with Crippen LogP contribution in [0, 0.1) is 0 Å². The van der Waals surface area contributed by atoms with Gasteiger partial charge in [0, 0.05) is 18.2 Å². The van der Waals surface area contributed by atoms with E-state index in [0.717, 1.165) is 24.9 Å². The van der Waals surface area contributed by atoms with Crippen LogP contribution in [-0.2, 0) is 12.8 Å². The van der Waals surface area contributed by atoms with Crippen LogP contribution in [0.15, 0.2) is 36.4 Å². The van der Waals surface area contributed by atoms with E-state index < -0.39 is 0 Å². The van der Waals surface area contributed by atoms with Crippen molar-refractivity contribution in [1.29, 1.82) is 0 Å². The summed E-state index contributed by atoms with van der Waals surface area (Å²) in [5.41, 5.74) is 6.59. The molecule has 0 saturated heterocycles. The summed E-state index contributed by atoms with van der Waals surface area (Å²) in [6.07, 6.45) is 2.00. The molecule has 1 atom stereocenters. The molecule has 0 saturated carbocycles. The van der Waals surface area contributed by atoms with Gasteiger partial charge < -0.3 is 5.11 Å². The second-order valence-electron chi connectivity index (χ2n) is 5.63.